The van der Waals surface area contributed by atoms with Crippen molar-refractivity contribution in [1.29, 1.82) is 0 Å². The van der Waals surface area contributed by atoms with E-state index in [1.807, 2.05) is 0 Å². The van der Waals surface area contributed by atoms with Crippen LogP contribution in [0.15, 0.2) is 47.6 Å². The number of nitrogens with one attached hydrogen (secondary N) is 1. The molecule has 2 heterocycles. The van der Waals surface area contributed by atoms with E-state index in [2.05, 4.69) is 10.3 Å². The van der Waals surface area contributed by atoms with Gasteiger partial charge < -0.3 is 5.32 Å². The Hall–Kier alpha value is -1.96. The lowest BCUT2D eigenvalue weighted by Gasteiger charge is -2.20. The smallest absolute Gasteiger partial charge is 0.253 e. The number of hydrogen-bond donors (Lipinski definition) is 1. The van der Waals surface area contributed by atoms with Gasteiger partial charge in [0.05, 0.1) is 15.5 Å². The molecule has 1 aliphatic heterocycles. The van der Waals surface area contributed by atoms with E-state index in [0.29, 0.717) is 19.6 Å². The highest BCUT2D eigenvalue weighted by atomic mass is 35.5. The van der Waals surface area contributed by atoms with Crippen molar-refractivity contribution in [2.45, 2.75) is 37.1 Å². The minimum atomic E-state index is -3.64. The van der Waals surface area contributed by atoms with Crippen LogP contribution in [0.1, 0.15) is 41.6 Å². The average Bonchev–Trinajstić information content (AvgIpc) is 2.97. The first-order valence-electron chi connectivity index (χ1n) is 8.95. The van der Waals surface area contributed by atoms with Gasteiger partial charge in [-0.1, -0.05) is 24.4 Å². The molecule has 3 rings (SSSR count). The average molecular weight is 408 g/mol. The van der Waals surface area contributed by atoms with Gasteiger partial charge in [0.25, 0.3) is 5.91 Å². The summed E-state index contributed by atoms with van der Waals surface area (Å²) in [5.74, 6) is -0.412. The highest BCUT2D eigenvalue weighted by Gasteiger charge is 2.26. The molecule has 8 heteroatoms. The maximum atomic E-state index is 12.9. The monoisotopic (exact) mass is 407 g/mol. The van der Waals surface area contributed by atoms with Crippen LogP contribution < -0.4 is 5.32 Å². The zero-order valence-electron chi connectivity index (χ0n) is 14.9. The molecule has 1 aliphatic rings. The van der Waals surface area contributed by atoms with Gasteiger partial charge in [0.15, 0.2) is 0 Å². The van der Waals surface area contributed by atoms with Crippen molar-refractivity contribution < 1.29 is 13.2 Å². The van der Waals surface area contributed by atoms with Crippen LogP contribution in [-0.2, 0) is 16.6 Å². The molecular weight excluding hydrogens is 386 g/mol. The van der Waals surface area contributed by atoms with E-state index in [-0.39, 0.29) is 15.5 Å². The zero-order valence-corrected chi connectivity index (χ0v) is 16.5. The summed E-state index contributed by atoms with van der Waals surface area (Å²) in [5.41, 5.74) is 1.05. The fourth-order valence-electron chi connectivity index (χ4n) is 3.05. The van der Waals surface area contributed by atoms with E-state index < -0.39 is 15.9 Å². The van der Waals surface area contributed by atoms with Crippen molar-refractivity contribution in [2.24, 2.45) is 0 Å². The Bertz CT molecular complexity index is 896. The highest BCUT2D eigenvalue weighted by Crippen LogP contribution is 2.25. The van der Waals surface area contributed by atoms with Gasteiger partial charge in [-0.05, 0) is 48.7 Å². The topological polar surface area (TPSA) is 79.4 Å². The number of halogens is 1. The number of nitrogens with zero attached hydrogens (tertiary/aromatic N) is 2. The van der Waals surface area contributed by atoms with E-state index in [0.717, 1.165) is 31.2 Å². The molecule has 1 aromatic carbocycles. The van der Waals surface area contributed by atoms with Gasteiger partial charge in [0.2, 0.25) is 10.0 Å². The summed E-state index contributed by atoms with van der Waals surface area (Å²) in [5, 5.41) is 2.98. The van der Waals surface area contributed by atoms with Crippen LogP contribution in [-0.4, -0.2) is 36.7 Å². The summed E-state index contributed by atoms with van der Waals surface area (Å²) in [7, 11) is -3.64. The second-order valence-corrected chi connectivity index (χ2v) is 8.84. The Morgan fingerprint density at radius 3 is 2.41 bits per heavy atom. The summed E-state index contributed by atoms with van der Waals surface area (Å²) in [6, 6.07) is 7.88. The lowest BCUT2D eigenvalue weighted by Crippen LogP contribution is -2.32. The van der Waals surface area contributed by atoms with Gasteiger partial charge in [0.1, 0.15) is 0 Å². The first kappa shape index (κ1) is 19.8. The van der Waals surface area contributed by atoms with Crippen molar-refractivity contribution in [1.82, 2.24) is 14.6 Å². The first-order valence-corrected chi connectivity index (χ1v) is 10.8. The summed E-state index contributed by atoms with van der Waals surface area (Å²) in [6.45, 7) is 1.32. The second kappa shape index (κ2) is 8.82. The quantitative estimate of drug-likeness (QED) is 0.825. The Balaban J connectivity index is 1.79. The normalized spacial score (nSPS) is 15.9. The number of hydrogen-bond acceptors (Lipinski definition) is 4. The Morgan fingerprint density at radius 2 is 1.74 bits per heavy atom. The molecule has 0 unspecified atom stereocenters. The van der Waals surface area contributed by atoms with Gasteiger partial charge in [-0.3, -0.25) is 9.78 Å². The van der Waals surface area contributed by atoms with Gasteiger partial charge >= 0.3 is 0 Å². The Morgan fingerprint density at radius 1 is 1.07 bits per heavy atom. The van der Waals surface area contributed by atoms with Crippen LogP contribution in [0.4, 0.5) is 0 Å². The molecule has 0 atom stereocenters. The summed E-state index contributed by atoms with van der Waals surface area (Å²) in [4.78, 5) is 16.6. The molecule has 0 radical (unpaired) electrons. The maximum Gasteiger partial charge on any atom is 0.253 e. The maximum absolute atomic E-state index is 12.9. The molecule has 27 heavy (non-hydrogen) atoms. The number of rotatable bonds is 5. The number of carbonyl (C=O) groups excluding carboxylic acids is 1. The molecule has 1 fully saturated rings. The molecule has 0 saturated carbocycles. The third-order valence-electron chi connectivity index (χ3n) is 4.59. The third kappa shape index (κ3) is 4.86. The Labute approximate surface area is 164 Å². The van der Waals surface area contributed by atoms with Crippen molar-refractivity contribution >= 4 is 27.5 Å². The molecule has 1 amide bonds. The fraction of sp³-hybridized carbons (Fsp3) is 0.368. The first-order chi connectivity index (χ1) is 13.0. The number of benzene rings is 1. The van der Waals surface area contributed by atoms with E-state index in [1.54, 1.807) is 24.5 Å². The van der Waals surface area contributed by atoms with Crippen LogP contribution >= 0.6 is 11.6 Å². The van der Waals surface area contributed by atoms with Crippen LogP contribution in [0, 0.1) is 0 Å². The molecule has 1 aromatic heterocycles. The highest BCUT2D eigenvalue weighted by molar-refractivity contribution is 7.89. The third-order valence-corrected chi connectivity index (χ3v) is 6.81. The van der Waals surface area contributed by atoms with Gasteiger partial charge in [-0.15, -0.1) is 0 Å². The number of aromatic nitrogens is 1. The standard InChI is InChI=1S/C19H22ClN3O3S/c20-18-6-5-16(27(25,26)23-11-3-1-2-4-12-23)13-17(18)19(24)22-14-15-7-9-21-10-8-15/h5-10,13H,1-4,11-12,14H2,(H,22,24). The summed E-state index contributed by atoms with van der Waals surface area (Å²) in [6.07, 6.45) is 7.06. The van der Waals surface area contributed by atoms with Gasteiger partial charge in [-0.25, -0.2) is 8.42 Å². The minimum Gasteiger partial charge on any atom is -0.348 e. The molecule has 0 aliphatic carbocycles. The number of pyridine rings is 1. The molecule has 0 bridgehead atoms. The van der Waals surface area contributed by atoms with E-state index in [1.165, 1.54) is 22.5 Å². The van der Waals surface area contributed by atoms with E-state index in [4.69, 9.17) is 11.6 Å². The van der Waals surface area contributed by atoms with Crippen molar-refractivity contribution in [3.8, 4) is 0 Å². The largest absolute Gasteiger partial charge is 0.348 e. The van der Waals surface area contributed by atoms with Crippen LogP contribution in [0.5, 0.6) is 0 Å². The minimum absolute atomic E-state index is 0.0999. The second-order valence-electron chi connectivity index (χ2n) is 6.50. The number of sulfonamides is 1. The van der Waals surface area contributed by atoms with E-state index in [9.17, 15) is 13.2 Å². The number of carbonyl (C=O) groups is 1. The predicted molar refractivity (Wildman–Crippen MR) is 104 cm³/mol. The van der Waals surface area contributed by atoms with Gasteiger partial charge in [0, 0.05) is 32.0 Å². The summed E-state index contributed by atoms with van der Waals surface area (Å²) >= 11 is 6.16. The van der Waals surface area contributed by atoms with Crippen molar-refractivity contribution in [3.63, 3.8) is 0 Å². The molecule has 1 saturated heterocycles. The SMILES string of the molecule is O=C(NCc1ccncc1)c1cc(S(=O)(=O)N2CCCCCC2)ccc1Cl. The van der Waals surface area contributed by atoms with Crippen LogP contribution in [0.2, 0.25) is 5.02 Å². The van der Waals surface area contributed by atoms with E-state index >= 15 is 0 Å². The molecule has 2 aromatic rings. The van der Waals surface area contributed by atoms with Crippen LogP contribution in [0.3, 0.4) is 0 Å². The van der Waals surface area contributed by atoms with Crippen molar-refractivity contribution in [2.75, 3.05) is 13.1 Å². The fourth-order valence-corrected chi connectivity index (χ4v) is 4.80. The molecule has 0 spiro atoms. The summed E-state index contributed by atoms with van der Waals surface area (Å²) < 4.78 is 27.4. The molecule has 144 valence electrons. The van der Waals surface area contributed by atoms with Crippen molar-refractivity contribution in [3.05, 3.63) is 58.9 Å². The zero-order chi connectivity index (χ0) is 19.3. The number of amides is 1. The van der Waals surface area contributed by atoms with Crippen LogP contribution in [0.25, 0.3) is 0 Å². The predicted octanol–water partition coefficient (Wildman–Crippen LogP) is 3.23. The lowest BCUT2D eigenvalue weighted by atomic mass is 10.2. The molecule has 1 N–H and O–H groups in total. The lowest BCUT2D eigenvalue weighted by molar-refractivity contribution is 0.0951. The molecular formula is C19H22ClN3O3S. The molecule has 6 nitrogen and oxygen atoms in total. The Kier molecular flexibility index (Phi) is 6.46. The van der Waals surface area contributed by atoms with Gasteiger partial charge in [-0.2, -0.15) is 4.31 Å².